The monoisotopic (exact) mass is 368 g/mol. The number of ether oxygens (including phenoxy) is 1. The lowest BCUT2D eigenvalue weighted by Crippen LogP contribution is -2.38. The van der Waals surface area contributed by atoms with Crippen LogP contribution in [0.15, 0.2) is 51.7 Å². The Kier molecular flexibility index (Phi) is 4.90. The number of benzene rings is 2. The van der Waals surface area contributed by atoms with Crippen molar-refractivity contribution in [3.63, 3.8) is 0 Å². The fourth-order valence-electron chi connectivity index (χ4n) is 3.90. The van der Waals surface area contributed by atoms with Crippen molar-refractivity contribution in [3.8, 4) is 11.5 Å². The van der Waals surface area contributed by atoms with E-state index in [2.05, 4.69) is 4.90 Å². The average molecular weight is 368 g/mol. The maximum atomic E-state index is 12.4. The summed E-state index contributed by atoms with van der Waals surface area (Å²) in [4.78, 5) is 14.7. The number of phenolic OH excluding ortho intramolecular Hbond substituents is 1. The lowest BCUT2D eigenvalue weighted by molar-refractivity contribution is 0.167. The van der Waals surface area contributed by atoms with Crippen LogP contribution in [-0.4, -0.2) is 34.3 Å². The first kappa shape index (κ1) is 17.7. The highest BCUT2D eigenvalue weighted by atomic mass is 16.5. The molecule has 1 aliphatic heterocycles. The number of fused-ring (bicyclic) bond motifs is 1. The molecule has 1 N–H and O–H groups in total. The summed E-state index contributed by atoms with van der Waals surface area (Å²) in [5, 5.41) is 9.88. The Morgan fingerprint density at radius 2 is 2.11 bits per heavy atom. The fourth-order valence-corrected chi connectivity index (χ4v) is 3.90. The highest BCUT2D eigenvalue weighted by molar-refractivity contribution is 5.72. The molecule has 27 heavy (non-hydrogen) atoms. The summed E-state index contributed by atoms with van der Waals surface area (Å²) in [5.74, 6) is 0.389. The van der Waals surface area contributed by atoms with Crippen molar-refractivity contribution in [2.75, 3.05) is 19.7 Å². The number of likely N-dealkylation sites (tertiary alicyclic amines) is 1. The zero-order chi connectivity index (χ0) is 18.8. The standard InChI is InChI=1S/C21H24N2O4/c1-2-26-20-12-15(9-10-18(20)24)13-22-11-5-6-16(14-22)23-17-7-3-4-8-19(17)27-21(23)25/h3-4,7-10,12,16,24H,2,5-6,11,13-14H2,1H3/t16-/m0/s1. The number of rotatable bonds is 5. The Labute approximate surface area is 157 Å². The smallest absolute Gasteiger partial charge is 0.420 e. The predicted molar refractivity (Wildman–Crippen MR) is 103 cm³/mol. The van der Waals surface area contributed by atoms with E-state index in [1.54, 1.807) is 10.6 Å². The van der Waals surface area contributed by atoms with Gasteiger partial charge in [0.15, 0.2) is 17.1 Å². The summed E-state index contributed by atoms with van der Waals surface area (Å²) in [6.45, 7) is 4.93. The van der Waals surface area contributed by atoms with Crippen molar-refractivity contribution in [2.24, 2.45) is 0 Å². The molecule has 2 aromatic carbocycles. The Hall–Kier alpha value is -2.73. The zero-order valence-electron chi connectivity index (χ0n) is 15.4. The third-order valence-electron chi connectivity index (χ3n) is 5.09. The van der Waals surface area contributed by atoms with E-state index in [4.69, 9.17) is 9.15 Å². The summed E-state index contributed by atoms with van der Waals surface area (Å²) in [7, 11) is 0. The van der Waals surface area contributed by atoms with Gasteiger partial charge >= 0.3 is 5.76 Å². The van der Waals surface area contributed by atoms with E-state index in [1.807, 2.05) is 43.3 Å². The van der Waals surface area contributed by atoms with Gasteiger partial charge in [-0.15, -0.1) is 0 Å². The molecule has 3 aromatic rings. The number of piperidine rings is 1. The maximum Gasteiger partial charge on any atom is 0.420 e. The highest BCUT2D eigenvalue weighted by Gasteiger charge is 2.25. The summed E-state index contributed by atoms with van der Waals surface area (Å²) < 4.78 is 12.7. The minimum Gasteiger partial charge on any atom is -0.504 e. The number of oxazole rings is 1. The second-order valence-corrected chi connectivity index (χ2v) is 6.97. The van der Waals surface area contributed by atoms with E-state index >= 15 is 0 Å². The normalized spacial score (nSPS) is 18.0. The molecule has 0 amide bonds. The number of hydrogen-bond donors (Lipinski definition) is 1. The van der Waals surface area contributed by atoms with Gasteiger partial charge in [0, 0.05) is 13.1 Å². The van der Waals surface area contributed by atoms with Crippen LogP contribution in [0.1, 0.15) is 31.4 Å². The van der Waals surface area contributed by atoms with E-state index in [0.717, 1.165) is 43.6 Å². The molecule has 0 spiro atoms. The van der Waals surface area contributed by atoms with Crippen molar-refractivity contribution >= 4 is 11.1 Å². The highest BCUT2D eigenvalue weighted by Crippen LogP contribution is 2.29. The number of para-hydroxylation sites is 2. The number of aromatic hydroxyl groups is 1. The van der Waals surface area contributed by atoms with Gasteiger partial charge in [-0.3, -0.25) is 9.47 Å². The lowest BCUT2D eigenvalue weighted by Gasteiger charge is -2.33. The fraction of sp³-hybridized carbons (Fsp3) is 0.381. The molecule has 2 heterocycles. The van der Waals surface area contributed by atoms with Crippen LogP contribution >= 0.6 is 0 Å². The van der Waals surface area contributed by atoms with Gasteiger partial charge in [0.05, 0.1) is 18.2 Å². The molecule has 6 heteroatoms. The van der Waals surface area contributed by atoms with Crippen LogP contribution in [0.25, 0.3) is 11.1 Å². The second-order valence-electron chi connectivity index (χ2n) is 6.97. The van der Waals surface area contributed by atoms with Crippen LogP contribution < -0.4 is 10.5 Å². The van der Waals surface area contributed by atoms with Crippen LogP contribution in [-0.2, 0) is 6.54 Å². The van der Waals surface area contributed by atoms with Gasteiger partial charge in [0.1, 0.15) is 0 Å². The van der Waals surface area contributed by atoms with Crippen molar-refractivity contribution < 1.29 is 14.3 Å². The molecule has 1 saturated heterocycles. The Balaban J connectivity index is 1.54. The molecule has 0 radical (unpaired) electrons. The van der Waals surface area contributed by atoms with E-state index in [-0.39, 0.29) is 17.5 Å². The number of phenols is 1. The Morgan fingerprint density at radius 3 is 2.96 bits per heavy atom. The van der Waals surface area contributed by atoms with Crippen molar-refractivity contribution in [2.45, 2.75) is 32.4 Å². The molecule has 0 bridgehead atoms. The first-order valence-electron chi connectivity index (χ1n) is 9.43. The molecular formula is C21H24N2O4. The minimum atomic E-state index is -0.286. The van der Waals surface area contributed by atoms with Crippen molar-refractivity contribution in [3.05, 3.63) is 58.6 Å². The van der Waals surface area contributed by atoms with E-state index in [9.17, 15) is 9.90 Å². The molecule has 4 rings (SSSR count). The van der Waals surface area contributed by atoms with Crippen LogP contribution in [0.5, 0.6) is 11.5 Å². The maximum absolute atomic E-state index is 12.4. The summed E-state index contributed by atoms with van der Waals surface area (Å²) in [6, 6.07) is 13.2. The van der Waals surface area contributed by atoms with E-state index < -0.39 is 0 Å². The van der Waals surface area contributed by atoms with Gasteiger partial charge in [-0.2, -0.15) is 0 Å². The SMILES string of the molecule is CCOc1cc(CN2CCC[C@H](n3c(=O)oc4ccccc43)C2)ccc1O. The van der Waals surface area contributed by atoms with Gasteiger partial charge in [-0.25, -0.2) is 4.79 Å². The molecule has 142 valence electrons. The van der Waals surface area contributed by atoms with Gasteiger partial charge < -0.3 is 14.3 Å². The predicted octanol–water partition coefficient (Wildman–Crippen LogP) is 3.54. The largest absolute Gasteiger partial charge is 0.504 e. The Bertz CT molecular complexity index is 991. The molecule has 0 saturated carbocycles. The summed E-state index contributed by atoms with van der Waals surface area (Å²) >= 11 is 0. The third-order valence-corrected chi connectivity index (χ3v) is 5.09. The third kappa shape index (κ3) is 3.57. The number of hydrogen-bond acceptors (Lipinski definition) is 5. The van der Waals surface area contributed by atoms with Crippen LogP contribution in [0.3, 0.4) is 0 Å². The van der Waals surface area contributed by atoms with E-state index in [1.165, 1.54) is 0 Å². The summed E-state index contributed by atoms with van der Waals surface area (Å²) in [5.41, 5.74) is 2.58. The zero-order valence-corrected chi connectivity index (χ0v) is 15.4. The minimum absolute atomic E-state index is 0.0957. The van der Waals surface area contributed by atoms with Crippen molar-refractivity contribution in [1.82, 2.24) is 9.47 Å². The molecule has 0 unspecified atom stereocenters. The van der Waals surface area contributed by atoms with Crippen LogP contribution in [0, 0.1) is 0 Å². The second kappa shape index (κ2) is 7.48. The quantitative estimate of drug-likeness (QED) is 0.746. The first-order chi connectivity index (χ1) is 13.2. The van der Waals surface area contributed by atoms with Gasteiger partial charge in [0.2, 0.25) is 0 Å². The topological polar surface area (TPSA) is 67.8 Å². The van der Waals surface area contributed by atoms with E-state index in [0.29, 0.717) is 17.9 Å². The first-order valence-corrected chi connectivity index (χ1v) is 9.43. The molecule has 0 aliphatic carbocycles. The van der Waals surface area contributed by atoms with Crippen LogP contribution in [0.2, 0.25) is 0 Å². The van der Waals surface area contributed by atoms with Crippen LogP contribution in [0.4, 0.5) is 0 Å². The van der Waals surface area contributed by atoms with Gasteiger partial charge in [0.25, 0.3) is 0 Å². The summed E-state index contributed by atoms with van der Waals surface area (Å²) in [6.07, 6.45) is 1.98. The molecule has 1 atom stereocenters. The molecule has 1 aromatic heterocycles. The molecule has 1 fully saturated rings. The molecule has 1 aliphatic rings. The number of aromatic nitrogens is 1. The lowest BCUT2D eigenvalue weighted by atomic mass is 10.0. The number of nitrogens with zero attached hydrogens (tertiary/aromatic N) is 2. The Morgan fingerprint density at radius 1 is 1.26 bits per heavy atom. The average Bonchev–Trinajstić information content (AvgIpc) is 3.00. The molecular weight excluding hydrogens is 344 g/mol. The van der Waals surface area contributed by atoms with Crippen molar-refractivity contribution in [1.29, 1.82) is 0 Å². The molecule has 6 nitrogen and oxygen atoms in total. The van der Waals surface area contributed by atoms with Gasteiger partial charge in [-0.05, 0) is 56.1 Å². The van der Waals surface area contributed by atoms with Gasteiger partial charge in [-0.1, -0.05) is 18.2 Å².